The highest BCUT2D eigenvalue weighted by Crippen LogP contribution is 2.22. The van der Waals surface area contributed by atoms with Gasteiger partial charge in [-0.25, -0.2) is 4.79 Å². The molecule has 1 fully saturated rings. The first-order chi connectivity index (χ1) is 8.59. The van der Waals surface area contributed by atoms with Gasteiger partial charge in [0.2, 0.25) is 0 Å². The van der Waals surface area contributed by atoms with Gasteiger partial charge in [-0.05, 0) is 25.0 Å². The lowest BCUT2D eigenvalue weighted by atomic mass is 10.1. The second-order valence-corrected chi connectivity index (χ2v) is 6.05. The molecule has 1 heterocycles. The van der Waals surface area contributed by atoms with Crippen molar-refractivity contribution in [2.75, 3.05) is 6.61 Å². The van der Waals surface area contributed by atoms with E-state index >= 15 is 0 Å². The molecule has 0 bridgehead atoms. The molecule has 5 heteroatoms. The normalized spacial score (nSPS) is 24.9. The first kappa shape index (κ1) is 13.2. The number of aromatic carboxylic acids is 1. The fraction of sp³-hybridized carbons (Fsp3) is 0.462. The van der Waals surface area contributed by atoms with E-state index in [1.807, 2.05) is 6.92 Å². The second-order valence-electron chi connectivity index (χ2n) is 4.39. The number of carboxylic acids is 1. The molecule has 3 unspecified atom stereocenters. The standard InChI is InChI=1S/C13H16O4S/c1-9-12(6-7-17-9)18(16)8-10-4-2-3-5-11(10)13(14)15/h2-5,9,12H,6-8H2,1H3,(H,14,15). The minimum atomic E-state index is -1.09. The zero-order valence-electron chi connectivity index (χ0n) is 10.2. The average molecular weight is 268 g/mol. The molecule has 1 aromatic carbocycles. The third-order valence-electron chi connectivity index (χ3n) is 3.19. The van der Waals surface area contributed by atoms with Crippen LogP contribution in [0.3, 0.4) is 0 Å². The average Bonchev–Trinajstić information content (AvgIpc) is 2.76. The molecular weight excluding hydrogens is 252 g/mol. The van der Waals surface area contributed by atoms with E-state index in [9.17, 15) is 9.00 Å². The van der Waals surface area contributed by atoms with Gasteiger partial charge in [0.15, 0.2) is 0 Å². The zero-order valence-corrected chi connectivity index (χ0v) is 11.0. The van der Waals surface area contributed by atoms with Gasteiger partial charge in [0, 0.05) is 23.2 Å². The number of benzene rings is 1. The fourth-order valence-corrected chi connectivity index (χ4v) is 3.81. The summed E-state index contributed by atoms with van der Waals surface area (Å²) in [6.07, 6.45) is 0.769. The number of hydrogen-bond donors (Lipinski definition) is 1. The third-order valence-corrected chi connectivity index (χ3v) is 5.08. The Morgan fingerprint density at radius 1 is 1.50 bits per heavy atom. The van der Waals surface area contributed by atoms with Gasteiger partial charge in [-0.15, -0.1) is 0 Å². The lowest BCUT2D eigenvalue weighted by Crippen LogP contribution is -2.24. The van der Waals surface area contributed by atoms with Crippen LogP contribution in [0.25, 0.3) is 0 Å². The van der Waals surface area contributed by atoms with Gasteiger partial charge in [-0.1, -0.05) is 18.2 Å². The topological polar surface area (TPSA) is 63.6 Å². The Morgan fingerprint density at radius 3 is 2.83 bits per heavy atom. The number of carboxylic acid groups (broad SMARTS) is 1. The van der Waals surface area contributed by atoms with Crippen LogP contribution in [0.1, 0.15) is 29.3 Å². The molecule has 0 radical (unpaired) electrons. The molecule has 1 aliphatic heterocycles. The Kier molecular flexibility index (Phi) is 4.14. The van der Waals surface area contributed by atoms with Gasteiger partial charge in [0.05, 0.1) is 16.9 Å². The van der Waals surface area contributed by atoms with E-state index in [0.717, 1.165) is 6.42 Å². The fourth-order valence-electron chi connectivity index (χ4n) is 2.17. The number of rotatable bonds is 4. The van der Waals surface area contributed by atoms with Crippen LogP contribution >= 0.6 is 0 Å². The molecule has 0 amide bonds. The minimum absolute atomic E-state index is 0.00634. The molecule has 1 aromatic rings. The molecule has 3 atom stereocenters. The summed E-state index contributed by atoms with van der Waals surface area (Å²) in [5.74, 6) is -0.695. The van der Waals surface area contributed by atoms with E-state index in [0.29, 0.717) is 12.2 Å². The molecule has 1 N–H and O–H groups in total. The summed E-state index contributed by atoms with van der Waals surface area (Å²) in [7, 11) is -1.09. The molecular formula is C13H16O4S. The lowest BCUT2D eigenvalue weighted by molar-refractivity contribution is 0.0696. The van der Waals surface area contributed by atoms with Gasteiger partial charge in [0.1, 0.15) is 0 Å². The quantitative estimate of drug-likeness (QED) is 0.904. The summed E-state index contributed by atoms with van der Waals surface area (Å²) < 4.78 is 17.6. The van der Waals surface area contributed by atoms with Crippen molar-refractivity contribution in [2.24, 2.45) is 0 Å². The van der Waals surface area contributed by atoms with Crippen LogP contribution in [0.4, 0.5) is 0 Å². The summed E-state index contributed by atoms with van der Waals surface area (Å²) >= 11 is 0. The molecule has 18 heavy (non-hydrogen) atoms. The van der Waals surface area contributed by atoms with Gasteiger partial charge in [-0.2, -0.15) is 0 Å². The maximum absolute atomic E-state index is 12.2. The SMILES string of the molecule is CC1OCCC1S(=O)Cc1ccccc1C(=O)O. The van der Waals surface area contributed by atoms with Gasteiger partial charge >= 0.3 is 5.97 Å². The molecule has 4 nitrogen and oxygen atoms in total. The van der Waals surface area contributed by atoms with Crippen molar-refractivity contribution >= 4 is 16.8 Å². The third kappa shape index (κ3) is 2.79. The Morgan fingerprint density at radius 2 is 2.22 bits per heavy atom. The van der Waals surface area contributed by atoms with Crippen LogP contribution in [0.15, 0.2) is 24.3 Å². The van der Waals surface area contributed by atoms with Crippen LogP contribution in [-0.2, 0) is 21.3 Å². The van der Waals surface area contributed by atoms with E-state index in [1.165, 1.54) is 0 Å². The number of hydrogen-bond acceptors (Lipinski definition) is 3. The highest BCUT2D eigenvalue weighted by atomic mass is 32.2. The van der Waals surface area contributed by atoms with Crippen molar-refractivity contribution in [2.45, 2.75) is 30.5 Å². The van der Waals surface area contributed by atoms with E-state index in [1.54, 1.807) is 24.3 Å². The highest BCUT2D eigenvalue weighted by molar-refractivity contribution is 7.84. The predicted octanol–water partition coefficient (Wildman–Crippen LogP) is 1.81. The van der Waals surface area contributed by atoms with Gasteiger partial charge in [0.25, 0.3) is 0 Å². The Hall–Kier alpha value is -1.20. The van der Waals surface area contributed by atoms with E-state index in [2.05, 4.69) is 0 Å². The van der Waals surface area contributed by atoms with Gasteiger partial charge in [-0.3, -0.25) is 4.21 Å². The van der Waals surface area contributed by atoms with Crippen molar-refractivity contribution in [3.05, 3.63) is 35.4 Å². The lowest BCUT2D eigenvalue weighted by Gasteiger charge is -2.14. The maximum Gasteiger partial charge on any atom is 0.335 e. The highest BCUT2D eigenvalue weighted by Gasteiger charge is 2.30. The van der Waals surface area contributed by atoms with Crippen LogP contribution in [0, 0.1) is 0 Å². The molecule has 0 saturated carbocycles. The van der Waals surface area contributed by atoms with E-state index in [4.69, 9.17) is 9.84 Å². The van der Waals surface area contributed by atoms with Crippen molar-refractivity contribution < 1.29 is 18.8 Å². The smallest absolute Gasteiger partial charge is 0.335 e. The molecule has 2 rings (SSSR count). The molecule has 1 aliphatic rings. The summed E-state index contributed by atoms with van der Waals surface area (Å²) in [6.45, 7) is 2.55. The summed E-state index contributed by atoms with van der Waals surface area (Å²) in [4.78, 5) is 11.1. The van der Waals surface area contributed by atoms with Crippen LogP contribution in [0.5, 0.6) is 0 Å². The number of ether oxygens (including phenoxy) is 1. The van der Waals surface area contributed by atoms with Crippen LogP contribution in [0.2, 0.25) is 0 Å². The molecule has 1 saturated heterocycles. The molecule has 0 spiro atoms. The van der Waals surface area contributed by atoms with Gasteiger partial charge < -0.3 is 9.84 Å². The first-order valence-corrected chi connectivity index (χ1v) is 7.28. The molecule has 98 valence electrons. The van der Waals surface area contributed by atoms with Crippen LogP contribution in [-0.4, -0.2) is 33.2 Å². The van der Waals surface area contributed by atoms with E-state index in [-0.39, 0.29) is 22.7 Å². The van der Waals surface area contributed by atoms with Crippen molar-refractivity contribution in [3.63, 3.8) is 0 Å². The van der Waals surface area contributed by atoms with Crippen molar-refractivity contribution in [1.82, 2.24) is 0 Å². The molecule has 0 aliphatic carbocycles. The Bertz CT molecular complexity index is 472. The summed E-state index contributed by atoms with van der Waals surface area (Å²) in [6, 6.07) is 6.72. The van der Waals surface area contributed by atoms with Crippen LogP contribution < -0.4 is 0 Å². The number of carbonyl (C=O) groups is 1. The monoisotopic (exact) mass is 268 g/mol. The summed E-state index contributed by atoms with van der Waals surface area (Å²) in [5.41, 5.74) is 0.861. The largest absolute Gasteiger partial charge is 0.478 e. The van der Waals surface area contributed by atoms with Crippen molar-refractivity contribution in [1.29, 1.82) is 0 Å². The van der Waals surface area contributed by atoms with Crippen molar-refractivity contribution in [3.8, 4) is 0 Å². The summed E-state index contributed by atoms with van der Waals surface area (Å²) in [5, 5.41) is 9.08. The minimum Gasteiger partial charge on any atom is -0.478 e. The predicted molar refractivity (Wildman–Crippen MR) is 69.1 cm³/mol. The zero-order chi connectivity index (χ0) is 13.1. The first-order valence-electron chi connectivity index (χ1n) is 5.89. The Balaban J connectivity index is 2.14. The van der Waals surface area contributed by atoms with E-state index < -0.39 is 16.8 Å². The maximum atomic E-state index is 12.2. The second kappa shape index (κ2) is 5.63. The Labute approximate surface area is 108 Å². The molecule has 0 aromatic heterocycles.